The molecule has 0 saturated carbocycles. The van der Waals surface area contributed by atoms with Gasteiger partial charge in [-0.25, -0.2) is 0 Å². The maximum absolute atomic E-state index is 11.0. The molecule has 4 nitrogen and oxygen atoms in total. The number of amides is 1. The number of nitrogens with two attached hydrogens (primary N) is 1. The van der Waals surface area contributed by atoms with Crippen molar-refractivity contribution in [3.8, 4) is 0 Å². The minimum atomic E-state index is -0.484. The molecule has 4 N–H and O–H groups in total. The Hall–Kier alpha value is -0.610. The standard InChI is InChI=1S/C8H18N2O2/c1-6(4-9)3-8(12)10-5-7(2)11/h6-7,11H,3-5,9H2,1-2H3,(H,10,12)/t6?,7-/m0/s1. The molecule has 0 rings (SSSR count). The first kappa shape index (κ1) is 11.4. The highest BCUT2D eigenvalue weighted by atomic mass is 16.3. The lowest BCUT2D eigenvalue weighted by Gasteiger charge is -2.09. The fourth-order valence-corrected chi connectivity index (χ4v) is 0.734. The van der Waals surface area contributed by atoms with Crippen molar-refractivity contribution in [1.29, 1.82) is 0 Å². The average Bonchev–Trinajstić information content (AvgIpc) is 2.00. The quantitative estimate of drug-likeness (QED) is 0.524. The highest BCUT2D eigenvalue weighted by Crippen LogP contribution is 1.97. The molecule has 0 fully saturated rings. The largest absolute Gasteiger partial charge is 0.392 e. The molecule has 0 aromatic carbocycles. The van der Waals surface area contributed by atoms with Crippen LogP contribution in [0.1, 0.15) is 20.3 Å². The molecule has 0 spiro atoms. The van der Waals surface area contributed by atoms with Gasteiger partial charge in [-0.15, -0.1) is 0 Å². The minimum absolute atomic E-state index is 0.0474. The fourth-order valence-electron chi connectivity index (χ4n) is 0.734. The van der Waals surface area contributed by atoms with Crippen molar-refractivity contribution in [3.63, 3.8) is 0 Å². The Labute approximate surface area is 73.1 Å². The summed E-state index contributed by atoms with van der Waals surface area (Å²) in [5.41, 5.74) is 5.35. The molecule has 0 heterocycles. The van der Waals surface area contributed by atoms with E-state index in [4.69, 9.17) is 10.8 Å². The predicted molar refractivity (Wildman–Crippen MR) is 47.5 cm³/mol. The number of aliphatic hydroxyl groups excluding tert-OH is 1. The zero-order valence-corrected chi connectivity index (χ0v) is 7.71. The summed E-state index contributed by atoms with van der Waals surface area (Å²) in [5.74, 6) is 0.160. The van der Waals surface area contributed by atoms with Crippen LogP contribution in [0.25, 0.3) is 0 Å². The van der Waals surface area contributed by atoms with E-state index in [2.05, 4.69) is 5.32 Å². The van der Waals surface area contributed by atoms with Crippen LogP contribution in [0.15, 0.2) is 0 Å². The normalized spacial score (nSPS) is 15.3. The van der Waals surface area contributed by atoms with Crippen LogP contribution >= 0.6 is 0 Å². The number of nitrogens with one attached hydrogen (secondary N) is 1. The smallest absolute Gasteiger partial charge is 0.220 e. The second-order valence-electron chi connectivity index (χ2n) is 3.20. The van der Waals surface area contributed by atoms with Crippen LogP contribution in [-0.4, -0.2) is 30.2 Å². The summed E-state index contributed by atoms with van der Waals surface area (Å²) in [7, 11) is 0. The molecule has 0 bridgehead atoms. The Bertz CT molecular complexity index is 137. The van der Waals surface area contributed by atoms with Crippen molar-refractivity contribution in [2.24, 2.45) is 11.7 Å². The molecule has 1 amide bonds. The topological polar surface area (TPSA) is 75.4 Å². The number of hydrogen-bond donors (Lipinski definition) is 3. The summed E-state index contributed by atoms with van der Waals surface area (Å²) in [4.78, 5) is 11.0. The molecule has 1 unspecified atom stereocenters. The second kappa shape index (κ2) is 5.97. The van der Waals surface area contributed by atoms with Gasteiger partial charge in [-0.3, -0.25) is 4.79 Å². The predicted octanol–water partition coefficient (Wildman–Crippen LogP) is -0.532. The SMILES string of the molecule is CC(CN)CC(=O)NC[C@H](C)O. The van der Waals surface area contributed by atoms with E-state index in [0.29, 0.717) is 19.5 Å². The Morgan fingerprint density at radius 1 is 1.58 bits per heavy atom. The molecular weight excluding hydrogens is 156 g/mol. The molecule has 0 aromatic heterocycles. The number of carbonyl (C=O) groups excluding carboxylic acids is 1. The van der Waals surface area contributed by atoms with E-state index in [9.17, 15) is 4.79 Å². The summed E-state index contributed by atoms with van der Waals surface area (Å²) in [5, 5.41) is 11.5. The Morgan fingerprint density at radius 3 is 2.58 bits per heavy atom. The van der Waals surface area contributed by atoms with Gasteiger partial charge >= 0.3 is 0 Å². The third-order valence-electron chi connectivity index (χ3n) is 1.53. The summed E-state index contributed by atoms with van der Waals surface area (Å²) in [6, 6.07) is 0. The molecule has 0 aliphatic carbocycles. The van der Waals surface area contributed by atoms with Gasteiger partial charge in [-0.2, -0.15) is 0 Å². The van der Waals surface area contributed by atoms with Crippen molar-refractivity contribution in [3.05, 3.63) is 0 Å². The zero-order valence-electron chi connectivity index (χ0n) is 7.71. The van der Waals surface area contributed by atoms with Gasteiger partial charge in [-0.1, -0.05) is 6.92 Å². The first-order valence-corrected chi connectivity index (χ1v) is 4.21. The van der Waals surface area contributed by atoms with Crippen LogP contribution in [0.4, 0.5) is 0 Å². The second-order valence-corrected chi connectivity index (χ2v) is 3.20. The van der Waals surface area contributed by atoms with Crippen LogP contribution < -0.4 is 11.1 Å². The lowest BCUT2D eigenvalue weighted by atomic mass is 10.1. The fraction of sp³-hybridized carbons (Fsp3) is 0.875. The maximum Gasteiger partial charge on any atom is 0.220 e. The molecule has 0 aromatic rings. The number of rotatable bonds is 5. The molecule has 0 aliphatic rings. The van der Waals surface area contributed by atoms with E-state index in [1.165, 1.54) is 0 Å². The van der Waals surface area contributed by atoms with E-state index >= 15 is 0 Å². The number of hydrogen-bond acceptors (Lipinski definition) is 3. The van der Waals surface area contributed by atoms with Crippen molar-refractivity contribution < 1.29 is 9.90 Å². The average molecular weight is 174 g/mol. The molecule has 0 radical (unpaired) electrons. The van der Waals surface area contributed by atoms with E-state index in [0.717, 1.165) is 0 Å². The van der Waals surface area contributed by atoms with Crippen LogP contribution in [0.2, 0.25) is 0 Å². The van der Waals surface area contributed by atoms with E-state index in [-0.39, 0.29) is 11.8 Å². The van der Waals surface area contributed by atoms with Crippen molar-refractivity contribution in [2.75, 3.05) is 13.1 Å². The van der Waals surface area contributed by atoms with Gasteiger partial charge in [0.25, 0.3) is 0 Å². The first-order valence-electron chi connectivity index (χ1n) is 4.21. The highest BCUT2D eigenvalue weighted by Gasteiger charge is 2.07. The van der Waals surface area contributed by atoms with E-state index < -0.39 is 6.10 Å². The van der Waals surface area contributed by atoms with Gasteiger partial charge in [0.05, 0.1) is 6.10 Å². The molecule has 72 valence electrons. The maximum atomic E-state index is 11.0. The third kappa shape index (κ3) is 6.12. The van der Waals surface area contributed by atoms with Gasteiger partial charge in [-0.05, 0) is 19.4 Å². The van der Waals surface area contributed by atoms with Crippen molar-refractivity contribution >= 4 is 5.91 Å². The van der Waals surface area contributed by atoms with Crippen LogP contribution in [-0.2, 0) is 4.79 Å². The lowest BCUT2D eigenvalue weighted by Crippen LogP contribution is -2.32. The molecule has 12 heavy (non-hydrogen) atoms. The molecular formula is C8H18N2O2. The highest BCUT2D eigenvalue weighted by molar-refractivity contribution is 5.76. The minimum Gasteiger partial charge on any atom is -0.392 e. The molecule has 2 atom stereocenters. The molecule has 0 aliphatic heterocycles. The third-order valence-corrected chi connectivity index (χ3v) is 1.53. The number of aliphatic hydroxyl groups is 1. The summed E-state index contributed by atoms with van der Waals surface area (Å²) in [6.07, 6.45) is -0.0504. The Balaban J connectivity index is 3.46. The summed E-state index contributed by atoms with van der Waals surface area (Å²) < 4.78 is 0. The monoisotopic (exact) mass is 174 g/mol. The van der Waals surface area contributed by atoms with Crippen molar-refractivity contribution in [2.45, 2.75) is 26.4 Å². The van der Waals surface area contributed by atoms with Crippen LogP contribution in [0.3, 0.4) is 0 Å². The first-order chi connectivity index (χ1) is 5.56. The zero-order chi connectivity index (χ0) is 9.56. The lowest BCUT2D eigenvalue weighted by molar-refractivity contribution is -0.122. The van der Waals surface area contributed by atoms with E-state index in [1.54, 1.807) is 6.92 Å². The van der Waals surface area contributed by atoms with E-state index in [1.807, 2.05) is 6.92 Å². The van der Waals surface area contributed by atoms with Gasteiger partial charge in [0, 0.05) is 13.0 Å². The van der Waals surface area contributed by atoms with Crippen LogP contribution in [0.5, 0.6) is 0 Å². The van der Waals surface area contributed by atoms with Gasteiger partial charge in [0.1, 0.15) is 0 Å². The molecule has 0 saturated heterocycles. The number of carbonyl (C=O) groups is 1. The van der Waals surface area contributed by atoms with Gasteiger partial charge in [0.15, 0.2) is 0 Å². The van der Waals surface area contributed by atoms with Crippen LogP contribution in [0, 0.1) is 5.92 Å². The van der Waals surface area contributed by atoms with Gasteiger partial charge < -0.3 is 16.2 Å². The Kier molecular flexibility index (Phi) is 5.66. The summed E-state index contributed by atoms with van der Waals surface area (Å²) in [6.45, 7) is 4.38. The molecule has 4 heteroatoms. The van der Waals surface area contributed by atoms with Crippen molar-refractivity contribution in [1.82, 2.24) is 5.32 Å². The Morgan fingerprint density at radius 2 is 2.17 bits per heavy atom. The summed E-state index contributed by atoms with van der Waals surface area (Å²) >= 11 is 0. The van der Waals surface area contributed by atoms with Gasteiger partial charge in [0.2, 0.25) is 5.91 Å².